The summed E-state index contributed by atoms with van der Waals surface area (Å²) >= 11 is 6.44. The zero-order valence-corrected chi connectivity index (χ0v) is 17.7. The van der Waals surface area contributed by atoms with Crippen LogP contribution in [-0.2, 0) is 13.0 Å². The number of aromatic nitrogens is 3. The Labute approximate surface area is 175 Å². The van der Waals surface area contributed by atoms with E-state index in [1.54, 1.807) is 11.2 Å². The third-order valence-corrected chi connectivity index (χ3v) is 5.96. The second-order valence-corrected chi connectivity index (χ2v) is 9.22. The number of pyridine rings is 1. The van der Waals surface area contributed by atoms with Gasteiger partial charge in [0.15, 0.2) is 0 Å². The normalized spacial score (nSPS) is 21.4. The Balaban J connectivity index is 1.48. The third-order valence-electron chi connectivity index (χ3n) is 5.66. The number of urea groups is 1. The molecule has 0 saturated carbocycles. The molecular weight excluding hydrogens is 390 g/mol. The molecule has 0 bridgehead atoms. The van der Waals surface area contributed by atoms with Crippen LogP contribution in [-0.4, -0.2) is 44.9 Å². The van der Waals surface area contributed by atoms with Crippen molar-refractivity contribution >= 4 is 23.4 Å². The Morgan fingerprint density at radius 1 is 1.28 bits per heavy atom. The first kappa shape index (κ1) is 20.1. The van der Waals surface area contributed by atoms with Crippen LogP contribution in [0.25, 0.3) is 11.1 Å². The first-order valence-electron chi connectivity index (χ1n) is 10.1. The fourth-order valence-corrected chi connectivity index (χ4v) is 4.39. The van der Waals surface area contributed by atoms with Gasteiger partial charge in [-0.15, -0.1) is 0 Å². The van der Waals surface area contributed by atoms with Crippen LogP contribution in [0.3, 0.4) is 0 Å². The summed E-state index contributed by atoms with van der Waals surface area (Å²) in [4.78, 5) is 16.7. The van der Waals surface area contributed by atoms with Crippen LogP contribution in [0.2, 0.25) is 5.02 Å². The smallest absolute Gasteiger partial charge is 0.320 e. The number of fused-ring (bicyclic) bond motifs is 1. The third kappa shape index (κ3) is 4.55. The molecule has 0 spiro atoms. The Hall–Kier alpha value is -2.16. The van der Waals surface area contributed by atoms with Gasteiger partial charge in [-0.05, 0) is 37.2 Å². The lowest BCUT2D eigenvalue weighted by Gasteiger charge is -2.17. The van der Waals surface area contributed by atoms with Crippen LogP contribution < -0.4 is 16.5 Å². The summed E-state index contributed by atoms with van der Waals surface area (Å²) in [6.45, 7) is 6.98. The van der Waals surface area contributed by atoms with Gasteiger partial charge in [0, 0.05) is 48.7 Å². The van der Waals surface area contributed by atoms with Crippen molar-refractivity contribution in [3.63, 3.8) is 0 Å². The second kappa shape index (κ2) is 7.93. The summed E-state index contributed by atoms with van der Waals surface area (Å²) in [7, 11) is 0. The molecule has 156 valence electrons. The van der Waals surface area contributed by atoms with Crippen LogP contribution in [0.4, 0.5) is 10.6 Å². The molecule has 2 amide bonds. The Bertz CT molecular complexity index is 910. The van der Waals surface area contributed by atoms with Crippen LogP contribution >= 0.6 is 11.6 Å². The van der Waals surface area contributed by atoms with E-state index in [1.807, 2.05) is 16.9 Å². The van der Waals surface area contributed by atoms with Gasteiger partial charge >= 0.3 is 6.03 Å². The van der Waals surface area contributed by atoms with E-state index < -0.39 is 0 Å². The van der Waals surface area contributed by atoms with Crippen molar-refractivity contribution in [2.75, 3.05) is 18.4 Å². The van der Waals surface area contributed by atoms with E-state index in [9.17, 15) is 4.79 Å². The van der Waals surface area contributed by atoms with Gasteiger partial charge in [0.05, 0.1) is 11.2 Å². The van der Waals surface area contributed by atoms with Crippen LogP contribution in [0.5, 0.6) is 0 Å². The van der Waals surface area contributed by atoms with E-state index in [0.29, 0.717) is 10.8 Å². The number of rotatable bonds is 3. The number of nitrogens with one attached hydrogen (secondary N) is 2. The van der Waals surface area contributed by atoms with Gasteiger partial charge in [0.25, 0.3) is 0 Å². The highest BCUT2D eigenvalue weighted by atomic mass is 35.5. The molecule has 4 rings (SSSR count). The van der Waals surface area contributed by atoms with Crippen molar-refractivity contribution < 1.29 is 4.79 Å². The number of halogens is 1. The molecule has 2 aromatic heterocycles. The highest BCUT2D eigenvalue weighted by Gasteiger charge is 2.32. The minimum absolute atomic E-state index is 0.108. The zero-order valence-electron chi connectivity index (χ0n) is 16.9. The van der Waals surface area contributed by atoms with Crippen molar-refractivity contribution in [1.82, 2.24) is 25.1 Å². The Kier molecular flexibility index (Phi) is 5.50. The van der Waals surface area contributed by atoms with E-state index in [-0.39, 0.29) is 17.5 Å². The highest BCUT2D eigenvalue weighted by molar-refractivity contribution is 6.33. The summed E-state index contributed by atoms with van der Waals surface area (Å²) in [5.74, 6) is 6.33. The minimum atomic E-state index is -0.261. The average molecular weight is 418 g/mol. The van der Waals surface area contributed by atoms with Gasteiger partial charge in [-0.1, -0.05) is 25.4 Å². The number of nitrogens with zero attached hydrogens (tertiary/aromatic N) is 4. The number of hydrogen-bond donors (Lipinski definition) is 3. The minimum Gasteiger partial charge on any atom is -0.335 e. The number of amides is 2. The molecule has 29 heavy (non-hydrogen) atoms. The van der Waals surface area contributed by atoms with Crippen LogP contribution in [0.1, 0.15) is 38.8 Å². The molecule has 4 N–H and O–H groups in total. The Morgan fingerprint density at radius 2 is 2.10 bits per heavy atom. The molecule has 4 heterocycles. The van der Waals surface area contributed by atoms with Gasteiger partial charge in [-0.3, -0.25) is 15.8 Å². The lowest BCUT2D eigenvalue weighted by Crippen LogP contribution is -2.39. The largest absolute Gasteiger partial charge is 0.335 e. The number of carbonyl (C=O) groups is 1. The molecule has 2 aliphatic rings. The number of anilines is 1. The lowest BCUT2D eigenvalue weighted by molar-refractivity contribution is 0.246. The topological polar surface area (TPSA) is 101 Å². The highest BCUT2D eigenvalue weighted by Crippen LogP contribution is 2.39. The maximum atomic E-state index is 12.5. The Morgan fingerprint density at radius 3 is 2.93 bits per heavy atom. The number of hydrogen-bond acceptors (Lipinski definition) is 5. The average Bonchev–Trinajstić information content (AvgIpc) is 3.07. The second-order valence-electron chi connectivity index (χ2n) is 8.82. The molecule has 0 aliphatic carbocycles. The number of hydrazine groups is 1. The number of carbonyl (C=O) groups excluding carboxylic acids is 1. The first-order chi connectivity index (χ1) is 13.8. The summed E-state index contributed by atoms with van der Waals surface area (Å²) in [5.41, 5.74) is 3.18. The number of nitrogens with two attached hydrogens (primary N) is 1. The van der Waals surface area contributed by atoms with E-state index >= 15 is 0 Å². The summed E-state index contributed by atoms with van der Waals surface area (Å²) in [6, 6.07) is 1.67. The fourth-order valence-electron chi connectivity index (χ4n) is 4.19. The molecule has 1 unspecified atom stereocenters. The summed E-state index contributed by atoms with van der Waals surface area (Å²) in [6.07, 6.45) is 7.08. The fraction of sp³-hybridized carbons (Fsp3) is 0.550. The molecule has 8 nitrogen and oxygen atoms in total. The van der Waals surface area contributed by atoms with Crippen molar-refractivity contribution in [2.24, 2.45) is 11.3 Å². The molecule has 0 aromatic carbocycles. The molecular formula is C20H28ClN7O. The zero-order chi connectivity index (χ0) is 20.6. The molecule has 1 atom stereocenters. The van der Waals surface area contributed by atoms with E-state index in [1.165, 1.54) is 5.69 Å². The standard InChI is InChI=1S/C20H28ClN7O/c1-20(2)9-17-15(10-24-28(17)12-20)14-8-18(23-11-16(14)21)26-19(29)25-13-4-3-6-27(22)7-5-13/h8,10-11,13H,3-7,9,12,22H2,1-2H3,(H2,23,25,26,29). The van der Waals surface area contributed by atoms with Crippen molar-refractivity contribution in [3.8, 4) is 11.1 Å². The molecule has 1 saturated heterocycles. The SMILES string of the molecule is CC1(C)Cc2c(-c3cc(NC(=O)NC4CCCN(N)CC4)ncc3Cl)cnn2C1. The van der Waals surface area contributed by atoms with Gasteiger partial charge in [0.2, 0.25) is 0 Å². The quantitative estimate of drug-likeness (QED) is 0.666. The predicted octanol–water partition coefficient (Wildman–Crippen LogP) is 3.03. The maximum Gasteiger partial charge on any atom is 0.320 e. The predicted molar refractivity (Wildman–Crippen MR) is 114 cm³/mol. The molecule has 2 aromatic rings. The van der Waals surface area contributed by atoms with Crippen molar-refractivity contribution in [2.45, 2.75) is 52.1 Å². The van der Waals surface area contributed by atoms with Crippen molar-refractivity contribution in [3.05, 3.63) is 29.2 Å². The van der Waals surface area contributed by atoms with E-state index in [0.717, 1.165) is 56.4 Å². The van der Waals surface area contributed by atoms with Gasteiger partial charge in [0.1, 0.15) is 5.82 Å². The van der Waals surface area contributed by atoms with Crippen molar-refractivity contribution in [1.29, 1.82) is 0 Å². The lowest BCUT2D eigenvalue weighted by atomic mass is 9.89. The van der Waals surface area contributed by atoms with Gasteiger partial charge < -0.3 is 5.32 Å². The van der Waals surface area contributed by atoms with Crippen LogP contribution in [0.15, 0.2) is 18.5 Å². The molecule has 2 aliphatic heterocycles. The van der Waals surface area contributed by atoms with Gasteiger partial charge in [-0.25, -0.2) is 14.8 Å². The van der Waals surface area contributed by atoms with E-state index in [4.69, 9.17) is 17.4 Å². The maximum absolute atomic E-state index is 12.5. The first-order valence-corrected chi connectivity index (χ1v) is 10.5. The molecule has 1 fully saturated rings. The summed E-state index contributed by atoms with van der Waals surface area (Å²) < 4.78 is 2.04. The monoisotopic (exact) mass is 417 g/mol. The van der Waals surface area contributed by atoms with E-state index in [2.05, 4.69) is 34.6 Å². The summed E-state index contributed by atoms with van der Waals surface area (Å²) in [5, 5.41) is 12.7. The molecule has 0 radical (unpaired) electrons. The molecule has 9 heteroatoms. The van der Waals surface area contributed by atoms with Crippen LogP contribution in [0, 0.1) is 5.41 Å². The van der Waals surface area contributed by atoms with Gasteiger partial charge in [-0.2, -0.15) is 5.10 Å².